The second-order valence-corrected chi connectivity index (χ2v) is 8.69. The number of hydrogen-bond acceptors (Lipinski definition) is 8. The molecule has 0 aliphatic carbocycles. The van der Waals surface area contributed by atoms with Crippen molar-refractivity contribution in [2.45, 2.75) is 25.1 Å². The molecule has 3 heterocycles. The van der Waals surface area contributed by atoms with Crippen molar-refractivity contribution in [1.82, 2.24) is 19.9 Å². The first-order chi connectivity index (χ1) is 14.0. The van der Waals surface area contributed by atoms with Gasteiger partial charge >= 0.3 is 0 Å². The van der Waals surface area contributed by atoms with E-state index < -0.39 is 0 Å². The van der Waals surface area contributed by atoms with E-state index in [0.717, 1.165) is 27.2 Å². The molecule has 0 unspecified atom stereocenters. The van der Waals surface area contributed by atoms with Crippen LogP contribution in [0.25, 0.3) is 5.82 Å². The Morgan fingerprint density at radius 2 is 1.97 bits per heavy atom. The first-order valence-corrected chi connectivity index (χ1v) is 10.8. The molecule has 7 nitrogen and oxygen atoms in total. The average Bonchev–Trinajstić information content (AvgIpc) is 3.40. The maximum atomic E-state index is 12.8. The van der Waals surface area contributed by atoms with Crippen molar-refractivity contribution in [3.05, 3.63) is 65.2 Å². The molecule has 0 amide bonds. The Morgan fingerprint density at radius 1 is 1.17 bits per heavy atom. The van der Waals surface area contributed by atoms with Crippen molar-refractivity contribution in [2.75, 3.05) is 11.1 Å². The van der Waals surface area contributed by atoms with Crippen LogP contribution in [0.15, 0.2) is 51.3 Å². The number of rotatable bonds is 7. The molecule has 1 N–H and O–H groups in total. The molecule has 0 spiro atoms. The zero-order chi connectivity index (χ0) is 20.4. The van der Waals surface area contributed by atoms with E-state index in [1.54, 1.807) is 0 Å². The van der Waals surface area contributed by atoms with Gasteiger partial charge in [0, 0.05) is 28.7 Å². The fourth-order valence-corrected chi connectivity index (χ4v) is 4.68. The van der Waals surface area contributed by atoms with Crippen LogP contribution in [0, 0.1) is 20.8 Å². The number of nitrogens with one attached hydrogen (secondary N) is 1. The summed E-state index contributed by atoms with van der Waals surface area (Å²) in [6, 6.07) is 13.5. The van der Waals surface area contributed by atoms with Gasteiger partial charge in [-0.1, -0.05) is 46.5 Å². The van der Waals surface area contributed by atoms with Crippen LogP contribution >= 0.6 is 23.1 Å². The highest BCUT2D eigenvalue weighted by atomic mass is 32.2. The minimum absolute atomic E-state index is 0.0438. The summed E-state index contributed by atoms with van der Waals surface area (Å²) < 4.78 is 7.85. The molecule has 0 aliphatic rings. The topological polar surface area (TPSA) is 85.8 Å². The van der Waals surface area contributed by atoms with Gasteiger partial charge in [0.15, 0.2) is 15.9 Å². The lowest BCUT2D eigenvalue weighted by atomic mass is 10.2. The summed E-state index contributed by atoms with van der Waals surface area (Å²) >= 11 is 2.82. The van der Waals surface area contributed by atoms with Crippen LogP contribution in [-0.2, 0) is 0 Å². The van der Waals surface area contributed by atoms with Gasteiger partial charge in [-0.15, -0.1) is 10.2 Å². The van der Waals surface area contributed by atoms with Crippen LogP contribution in [0.1, 0.15) is 27.5 Å². The molecular weight excluding hydrogens is 406 g/mol. The molecule has 9 heteroatoms. The van der Waals surface area contributed by atoms with Crippen molar-refractivity contribution >= 4 is 39.7 Å². The number of para-hydroxylation sites is 1. The zero-order valence-corrected chi connectivity index (χ0v) is 17.8. The Morgan fingerprint density at radius 3 is 2.69 bits per heavy atom. The number of ketones is 1. The van der Waals surface area contributed by atoms with E-state index >= 15 is 0 Å². The number of carbonyl (C=O) groups excluding carboxylic acids is 1. The second kappa shape index (κ2) is 8.22. The number of thioether (sulfide) groups is 1. The Bertz CT molecular complexity index is 1150. The summed E-state index contributed by atoms with van der Waals surface area (Å²) in [5.74, 6) is 1.75. The number of hydrogen-bond donors (Lipinski definition) is 1. The van der Waals surface area contributed by atoms with Crippen LogP contribution in [0.2, 0.25) is 0 Å². The summed E-state index contributed by atoms with van der Waals surface area (Å²) in [6.45, 7) is 5.71. The Hall–Kier alpha value is -2.91. The van der Waals surface area contributed by atoms with E-state index in [2.05, 4.69) is 20.7 Å². The fourth-order valence-electron chi connectivity index (χ4n) is 3.02. The molecular formula is C20H19N5O2S2. The monoisotopic (exact) mass is 425 g/mol. The van der Waals surface area contributed by atoms with Gasteiger partial charge < -0.3 is 9.84 Å². The molecule has 4 aromatic rings. The molecule has 1 aromatic carbocycles. The van der Waals surface area contributed by atoms with Gasteiger partial charge in [0.05, 0.1) is 5.75 Å². The number of Topliss-reactive ketones (excluding diaryl/α,β-unsaturated/α-hetero) is 1. The maximum absolute atomic E-state index is 12.8. The van der Waals surface area contributed by atoms with Crippen LogP contribution in [0.3, 0.4) is 0 Å². The average molecular weight is 426 g/mol. The van der Waals surface area contributed by atoms with Crippen molar-refractivity contribution in [1.29, 1.82) is 0 Å². The molecule has 0 radical (unpaired) electrons. The molecule has 0 atom stereocenters. The minimum atomic E-state index is 0.0438. The fraction of sp³-hybridized carbons (Fsp3) is 0.200. The first kappa shape index (κ1) is 19.4. The van der Waals surface area contributed by atoms with Crippen molar-refractivity contribution in [2.24, 2.45) is 0 Å². The van der Waals surface area contributed by atoms with Gasteiger partial charge in [0.25, 0.3) is 0 Å². The van der Waals surface area contributed by atoms with E-state index in [0.29, 0.717) is 22.3 Å². The van der Waals surface area contributed by atoms with Crippen molar-refractivity contribution in [3.8, 4) is 5.82 Å². The van der Waals surface area contributed by atoms with E-state index in [1.807, 2.05) is 67.8 Å². The van der Waals surface area contributed by atoms with Gasteiger partial charge in [0.2, 0.25) is 5.13 Å². The van der Waals surface area contributed by atoms with Gasteiger partial charge in [-0.05, 0) is 39.0 Å². The smallest absolute Gasteiger partial charge is 0.210 e. The number of aromatic nitrogens is 4. The van der Waals surface area contributed by atoms with Gasteiger partial charge in [0.1, 0.15) is 5.76 Å². The van der Waals surface area contributed by atoms with E-state index in [9.17, 15) is 4.79 Å². The summed E-state index contributed by atoms with van der Waals surface area (Å²) in [6.07, 6.45) is 0. The normalized spacial score (nSPS) is 11.0. The Kier molecular flexibility index (Phi) is 5.50. The van der Waals surface area contributed by atoms with Crippen LogP contribution < -0.4 is 5.32 Å². The molecule has 29 heavy (non-hydrogen) atoms. The van der Waals surface area contributed by atoms with Crippen LogP contribution in [0.5, 0.6) is 0 Å². The summed E-state index contributed by atoms with van der Waals surface area (Å²) in [5, 5.41) is 16.3. The largest absolute Gasteiger partial charge is 0.360 e. The highest BCUT2D eigenvalue weighted by molar-refractivity contribution is 8.01. The molecule has 148 valence electrons. The second-order valence-electron chi connectivity index (χ2n) is 6.49. The van der Waals surface area contributed by atoms with Crippen LogP contribution in [-0.4, -0.2) is 31.5 Å². The summed E-state index contributed by atoms with van der Waals surface area (Å²) in [4.78, 5) is 12.8. The molecule has 3 aromatic heterocycles. The standard InChI is InChI=1S/C20H19N5O2S2/c1-12-9-16(14(3)25(12)18-10-13(2)27-24-18)17(26)11-28-20-23-22-19(29-20)21-15-7-5-4-6-8-15/h4-10H,11H2,1-3H3,(H,21,22). The van der Waals surface area contributed by atoms with Gasteiger partial charge in [-0.3, -0.25) is 9.36 Å². The minimum Gasteiger partial charge on any atom is -0.360 e. The third kappa shape index (κ3) is 4.25. The number of aryl methyl sites for hydroxylation is 2. The molecule has 4 rings (SSSR count). The summed E-state index contributed by atoms with van der Waals surface area (Å²) in [5.41, 5.74) is 3.43. The van der Waals surface area contributed by atoms with E-state index in [-0.39, 0.29) is 5.78 Å². The van der Waals surface area contributed by atoms with Crippen LogP contribution in [0.4, 0.5) is 10.8 Å². The van der Waals surface area contributed by atoms with Gasteiger partial charge in [-0.25, -0.2) is 0 Å². The molecule has 0 fully saturated rings. The maximum Gasteiger partial charge on any atom is 0.210 e. The third-order valence-corrected chi connectivity index (χ3v) is 6.31. The van der Waals surface area contributed by atoms with Crippen molar-refractivity contribution < 1.29 is 9.32 Å². The highest BCUT2D eigenvalue weighted by Gasteiger charge is 2.19. The summed E-state index contributed by atoms with van der Waals surface area (Å²) in [7, 11) is 0. The third-order valence-electron chi connectivity index (χ3n) is 4.33. The zero-order valence-electron chi connectivity index (χ0n) is 16.2. The predicted molar refractivity (Wildman–Crippen MR) is 115 cm³/mol. The molecule has 0 saturated heterocycles. The number of anilines is 2. The lowest BCUT2D eigenvalue weighted by Crippen LogP contribution is -2.05. The van der Waals surface area contributed by atoms with E-state index in [4.69, 9.17) is 4.52 Å². The molecule has 0 aliphatic heterocycles. The number of benzene rings is 1. The van der Waals surface area contributed by atoms with Gasteiger partial charge in [-0.2, -0.15) is 0 Å². The quantitative estimate of drug-likeness (QED) is 0.331. The molecule has 0 saturated carbocycles. The van der Waals surface area contributed by atoms with E-state index in [1.165, 1.54) is 23.1 Å². The number of nitrogens with zero attached hydrogens (tertiary/aromatic N) is 4. The Labute approximate surface area is 176 Å². The predicted octanol–water partition coefficient (Wildman–Crippen LogP) is 4.96. The SMILES string of the molecule is Cc1cc(-n2c(C)cc(C(=O)CSc3nnc(Nc4ccccc4)s3)c2C)no1. The van der Waals surface area contributed by atoms with Crippen molar-refractivity contribution in [3.63, 3.8) is 0 Å². The lowest BCUT2D eigenvalue weighted by molar-refractivity contribution is 0.102. The highest BCUT2D eigenvalue weighted by Crippen LogP contribution is 2.29. The first-order valence-electron chi connectivity index (χ1n) is 8.95. The lowest BCUT2D eigenvalue weighted by Gasteiger charge is -2.04. The molecule has 0 bridgehead atoms. The Balaban J connectivity index is 1.43. The number of carbonyl (C=O) groups is 1.